The number of hydrogen-bond donors (Lipinski definition) is 1. The molecule has 1 saturated heterocycles. The smallest absolute Gasteiger partial charge is 0.389 e. The van der Waals surface area contributed by atoms with Crippen LogP contribution in [0.15, 0.2) is 29.3 Å². The lowest BCUT2D eigenvalue weighted by molar-refractivity contribution is -0.129. The quantitative estimate of drug-likeness (QED) is 0.640. The van der Waals surface area contributed by atoms with Gasteiger partial charge in [-0.25, -0.2) is 4.98 Å². The van der Waals surface area contributed by atoms with E-state index in [4.69, 9.17) is 15.2 Å². The summed E-state index contributed by atoms with van der Waals surface area (Å²) in [6.07, 6.45) is -3.59. The second-order valence-electron chi connectivity index (χ2n) is 6.85. The van der Waals surface area contributed by atoms with Crippen LogP contribution in [-0.4, -0.2) is 36.2 Å². The summed E-state index contributed by atoms with van der Waals surface area (Å²) in [7, 11) is 0. The number of pyridine rings is 1. The minimum absolute atomic E-state index is 0.00562. The molecule has 1 aliphatic rings. The number of aromatic nitrogens is 1. The number of anilines is 1. The molecule has 0 bridgehead atoms. The first kappa shape index (κ1) is 22.7. The summed E-state index contributed by atoms with van der Waals surface area (Å²) in [5, 5.41) is 19.3. The zero-order valence-electron chi connectivity index (χ0n) is 16.4. The van der Waals surface area contributed by atoms with Gasteiger partial charge in [-0.15, -0.1) is 11.8 Å². The number of nitriles is 2. The summed E-state index contributed by atoms with van der Waals surface area (Å²) in [5.41, 5.74) is 6.68. The number of rotatable bonds is 6. The van der Waals surface area contributed by atoms with Gasteiger partial charge in [-0.05, 0) is 30.5 Å². The van der Waals surface area contributed by atoms with E-state index in [-0.39, 0.29) is 39.4 Å². The van der Waals surface area contributed by atoms with E-state index in [9.17, 15) is 23.7 Å². The standard InChI is InChI=1S/C21H19F3N4O2S/c22-21(23,24)7-9-31-20-17(11-26)18(16(10-25)19(27)28-20)13-3-5-14(6-4-13)30-15-2-1-8-29-12-15/h3-6,15H,1-2,7-9,12H2,(H2,27,28). The van der Waals surface area contributed by atoms with E-state index < -0.39 is 12.6 Å². The highest BCUT2D eigenvalue weighted by atomic mass is 32.2. The fourth-order valence-electron chi connectivity index (χ4n) is 3.15. The predicted molar refractivity (Wildman–Crippen MR) is 109 cm³/mol. The molecule has 1 aliphatic heterocycles. The van der Waals surface area contributed by atoms with Crippen LogP contribution in [0.1, 0.15) is 30.4 Å². The highest BCUT2D eigenvalue weighted by Gasteiger charge is 2.27. The number of nitrogen functional groups attached to an aromatic ring is 1. The number of thioether (sulfide) groups is 1. The molecule has 6 nitrogen and oxygen atoms in total. The lowest BCUT2D eigenvalue weighted by Crippen LogP contribution is -2.27. The van der Waals surface area contributed by atoms with Gasteiger partial charge in [0, 0.05) is 17.9 Å². The first-order valence-electron chi connectivity index (χ1n) is 9.50. The van der Waals surface area contributed by atoms with Gasteiger partial charge in [0.15, 0.2) is 0 Å². The second-order valence-corrected chi connectivity index (χ2v) is 7.93. The Morgan fingerprint density at radius 3 is 2.48 bits per heavy atom. The van der Waals surface area contributed by atoms with E-state index in [2.05, 4.69) is 4.98 Å². The third kappa shape index (κ3) is 5.81. The van der Waals surface area contributed by atoms with Crippen LogP contribution in [-0.2, 0) is 4.74 Å². The fourth-order valence-corrected chi connectivity index (χ4v) is 4.13. The zero-order chi connectivity index (χ0) is 22.4. The summed E-state index contributed by atoms with van der Waals surface area (Å²) in [5.74, 6) is 0.162. The molecule has 0 amide bonds. The largest absolute Gasteiger partial charge is 0.488 e. The summed E-state index contributed by atoms with van der Waals surface area (Å²) >= 11 is 0.786. The summed E-state index contributed by atoms with van der Waals surface area (Å²) < 4.78 is 48.8. The molecule has 1 atom stereocenters. The lowest BCUT2D eigenvalue weighted by atomic mass is 9.97. The Balaban J connectivity index is 1.91. The van der Waals surface area contributed by atoms with Crippen LogP contribution in [0.3, 0.4) is 0 Å². The molecule has 31 heavy (non-hydrogen) atoms. The van der Waals surface area contributed by atoms with Crippen molar-refractivity contribution in [2.45, 2.75) is 36.6 Å². The molecule has 162 valence electrons. The molecule has 0 spiro atoms. The first-order valence-corrected chi connectivity index (χ1v) is 10.5. The van der Waals surface area contributed by atoms with Crippen molar-refractivity contribution in [2.75, 3.05) is 24.7 Å². The Kier molecular flexibility index (Phi) is 7.26. The van der Waals surface area contributed by atoms with E-state index in [1.54, 1.807) is 24.3 Å². The van der Waals surface area contributed by atoms with Crippen molar-refractivity contribution in [1.29, 1.82) is 10.5 Å². The lowest BCUT2D eigenvalue weighted by Gasteiger charge is -2.23. The van der Waals surface area contributed by atoms with Gasteiger partial charge in [-0.3, -0.25) is 0 Å². The SMILES string of the molecule is N#Cc1c(N)nc(SCCC(F)(F)F)c(C#N)c1-c1ccc(OC2CCCOC2)cc1. The van der Waals surface area contributed by atoms with Gasteiger partial charge >= 0.3 is 6.18 Å². The minimum atomic E-state index is -4.32. The van der Waals surface area contributed by atoms with Crippen molar-refractivity contribution in [1.82, 2.24) is 4.98 Å². The topological polar surface area (TPSA) is 105 Å². The molecule has 1 aromatic heterocycles. The van der Waals surface area contributed by atoms with E-state index in [0.29, 0.717) is 17.9 Å². The van der Waals surface area contributed by atoms with E-state index >= 15 is 0 Å². The highest BCUT2D eigenvalue weighted by molar-refractivity contribution is 7.99. The Labute approximate surface area is 181 Å². The van der Waals surface area contributed by atoms with Crippen molar-refractivity contribution in [3.8, 4) is 29.0 Å². The van der Waals surface area contributed by atoms with Crippen LogP contribution < -0.4 is 10.5 Å². The Hall–Kier alpha value is -2.95. The number of alkyl halides is 3. The molecular formula is C21H19F3N4O2S. The van der Waals surface area contributed by atoms with Crippen LogP contribution in [0.4, 0.5) is 19.0 Å². The van der Waals surface area contributed by atoms with Crippen LogP contribution in [0.25, 0.3) is 11.1 Å². The molecule has 2 heterocycles. The molecule has 2 aromatic rings. The number of nitrogens with two attached hydrogens (primary N) is 1. The highest BCUT2D eigenvalue weighted by Crippen LogP contribution is 2.37. The Morgan fingerprint density at radius 2 is 1.90 bits per heavy atom. The third-order valence-corrected chi connectivity index (χ3v) is 5.58. The van der Waals surface area contributed by atoms with Crippen LogP contribution >= 0.6 is 11.8 Å². The average molecular weight is 448 g/mol. The molecule has 1 unspecified atom stereocenters. The van der Waals surface area contributed by atoms with E-state index in [0.717, 1.165) is 31.2 Å². The average Bonchev–Trinajstić information content (AvgIpc) is 2.74. The van der Waals surface area contributed by atoms with Gasteiger partial charge in [0.05, 0.1) is 18.6 Å². The monoisotopic (exact) mass is 448 g/mol. The van der Waals surface area contributed by atoms with Crippen molar-refractivity contribution < 1.29 is 22.6 Å². The number of nitrogens with zero attached hydrogens (tertiary/aromatic N) is 3. The Morgan fingerprint density at radius 1 is 1.19 bits per heavy atom. The van der Waals surface area contributed by atoms with Crippen LogP contribution in [0.5, 0.6) is 5.75 Å². The van der Waals surface area contributed by atoms with Crippen molar-refractivity contribution >= 4 is 17.6 Å². The van der Waals surface area contributed by atoms with Gasteiger partial charge < -0.3 is 15.2 Å². The zero-order valence-corrected chi connectivity index (χ0v) is 17.2. The van der Waals surface area contributed by atoms with Gasteiger partial charge in [0.2, 0.25) is 0 Å². The molecule has 0 aliphatic carbocycles. The summed E-state index contributed by atoms with van der Waals surface area (Å²) in [6.45, 7) is 1.23. The Bertz CT molecular complexity index is 1010. The van der Waals surface area contributed by atoms with Crippen molar-refractivity contribution in [3.05, 3.63) is 35.4 Å². The number of benzene rings is 1. The maximum absolute atomic E-state index is 12.5. The number of ether oxygens (including phenoxy) is 2. The molecule has 10 heteroatoms. The maximum atomic E-state index is 12.5. The molecule has 3 rings (SSSR count). The third-order valence-electron chi connectivity index (χ3n) is 4.60. The van der Waals surface area contributed by atoms with E-state index in [1.165, 1.54) is 0 Å². The van der Waals surface area contributed by atoms with Crippen LogP contribution in [0.2, 0.25) is 0 Å². The first-order chi connectivity index (χ1) is 14.8. The summed E-state index contributed by atoms with van der Waals surface area (Å²) in [4.78, 5) is 4.01. The molecule has 2 N–H and O–H groups in total. The number of halogens is 3. The molecular weight excluding hydrogens is 429 g/mol. The second kappa shape index (κ2) is 9.90. The maximum Gasteiger partial charge on any atom is 0.389 e. The molecule has 0 saturated carbocycles. The van der Waals surface area contributed by atoms with Crippen LogP contribution in [0, 0.1) is 22.7 Å². The van der Waals surface area contributed by atoms with Crippen molar-refractivity contribution in [3.63, 3.8) is 0 Å². The van der Waals surface area contributed by atoms with Gasteiger partial charge in [0.25, 0.3) is 0 Å². The van der Waals surface area contributed by atoms with Gasteiger partial charge in [-0.1, -0.05) is 12.1 Å². The van der Waals surface area contributed by atoms with Gasteiger partial charge in [-0.2, -0.15) is 23.7 Å². The molecule has 1 aromatic carbocycles. The fraction of sp³-hybridized carbons (Fsp3) is 0.381. The normalized spacial score (nSPS) is 16.4. The summed E-state index contributed by atoms with van der Waals surface area (Å²) in [6, 6.07) is 10.7. The van der Waals surface area contributed by atoms with Gasteiger partial charge in [0.1, 0.15) is 40.4 Å². The number of hydrogen-bond acceptors (Lipinski definition) is 7. The van der Waals surface area contributed by atoms with Crippen molar-refractivity contribution in [2.24, 2.45) is 0 Å². The minimum Gasteiger partial charge on any atom is -0.488 e. The molecule has 0 radical (unpaired) electrons. The molecule has 1 fully saturated rings. The predicted octanol–water partition coefficient (Wildman–Crippen LogP) is 4.68. The van der Waals surface area contributed by atoms with E-state index in [1.807, 2.05) is 12.1 Å².